The quantitative estimate of drug-likeness (QED) is 0.375. The van der Waals surface area contributed by atoms with Gasteiger partial charge in [-0.2, -0.15) is 5.10 Å². The van der Waals surface area contributed by atoms with E-state index >= 15 is 0 Å². The fourth-order valence-electron chi connectivity index (χ4n) is 3.70. The molecule has 1 N–H and O–H groups in total. The molecule has 0 fully saturated rings. The number of amides is 1. The molecule has 0 atom stereocenters. The van der Waals surface area contributed by atoms with Crippen LogP contribution >= 0.6 is 0 Å². The fraction of sp³-hybridized carbons (Fsp3) is 0.227. The van der Waals surface area contributed by atoms with E-state index in [1.165, 1.54) is 0 Å². The first-order chi connectivity index (χ1) is 14.9. The number of nitrogens with one attached hydrogen (secondary N) is 1. The third-order valence-corrected chi connectivity index (χ3v) is 5.27. The van der Waals surface area contributed by atoms with E-state index in [0.717, 1.165) is 16.6 Å². The summed E-state index contributed by atoms with van der Waals surface area (Å²) in [6.07, 6.45) is 0. The van der Waals surface area contributed by atoms with Crippen LogP contribution in [0.3, 0.4) is 0 Å². The smallest absolute Gasteiger partial charge is 0.310 e. The van der Waals surface area contributed by atoms with Gasteiger partial charge in [-0.15, -0.1) is 0 Å². The van der Waals surface area contributed by atoms with E-state index in [-0.39, 0.29) is 11.6 Å². The fourth-order valence-corrected chi connectivity index (χ4v) is 3.70. The van der Waals surface area contributed by atoms with E-state index in [9.17, 15) is 14.9 Å². The lowest BCUT2D eigenvalue weighted by atomic mass is 10.1. The van der Waals surface area contributed by atoms with E-state index in [1.54, 1.807) is 30.7 Å². The number of nitrogens with zero attached hydrogens (tertiary/aromatic N) is 5. The van der Waals surface area contributed by atoms with E-state index < -0.39 is 4.92 Å². The maximum Gasteiger partial charge on any atom is 0.312 e. The molecule has 1 amide bonds. The van der Waals surface area contributed by atoms with Crippen LogP contribution in [0.1, 0.15) is 34.2 Å². The van der Waals surface area contributed by atoms with Crippen molar-refractivity contribution in [2.45, 2.75) is 33.9 Å². The van der Waals surface area contributed by atoms with Crippen molar-refractivity contribution in [1.29, 1.82) is 0 Å². The highest BCUT2D eigenvalue weighted by Crippen LogP contribution is 2.23. The first-order valence-corrected chi connectivity index (χ1v) is 9.93. The van der Waals surface area contributed by atoms with Gasteiger partial charge in [0.1, 0.15) is 11.4 Å². The average molecular weight is 418 g/mol. The normalized spacial score (nSPS) is 11.1. The molecule has 0 spiro atoms. The molecule has 158 valence electrons. The molecule has 9 nitrogen and oxygen atoms in total. The van der Waals surface area contributed by atoms with E-state index in [4.69, 9.17) is 0 Å². The van der Waals surface area contributed by atoms with Crippen LogP contribution < -0.4 is 5.32 Å². The van der Waals surface area contributed by atoms with Gasteiger partial charge in [-0.05, 0) is 50.6 Å². The van der Waals surface area contributed by atoms with Crippen molar-refractivity contribution in [1.82, 2.24) is 19.3 Å². The molecule has 0 radical (unpaired) electrons. The van der Waals surface area contributed by atoms with Crippen molar-refractivity contribution >= 4 is 28.6 Å². The van der Waals surface area contributed by atoms with Crippen LogP contribution in [-0.4, -0.2) is 30.2 Å². The molecule has 0 aliphatic rings. The van der Waals surface area contributed by atoms with Crippen LogP contribution in [0.25, 0.3) is 11.0 Å². The predicted octanol–water partition coefficient (Wildman–Crippen LogP) is 4.08. The summed E-state index contributed by atoms with van der Waals surface area (Å²) in [4.78, 5) is 28.0. The summed E-state index contributed by atoms with van der Waals surface area (Å²) in [5, 5.41) is 18.3. The minimum Gasteiger partial charge on any atom is -0.310 e. The Morgan fingerprint density at radius 2 is 1.84 bits per heavy atom. The molecular weight excluding hydrogens is 396 g/mol. The predicted molar refractivity (Wildman–Crippen MR) is 117 cm³/mol. The Hall–Kier alpha value is -4.01. The Morgan fingerprint density at radius 1 is 1.13 bits per heavy atom. The van der Waals surface area contributed by atoms with Gasteiger partial charge in [-0.25, -0.2) is 4.98 Å². The monoisotopic (exact) mass is 418 g/mol. The number of aromatic nitrogens is 4. The highest BCUT2D eigenvalue weighted by Gasteiger charge is 2.21. The molecule has 4 rings (SSSR count). The summed E-state index contributed by atoms with van der Waals surface area (Å²) >= 11 is 0. The van der Waals surface area contributed by atoms with Crippen molar-refractivity contribution in [3.8, 4) is 0 Å². The maximum atomic E-state index is 12.7. The highest BCUT2D eigenvalue weighted by atomic mass is 16.6. The zero-order valence-corrected chi connectivity index (χ0v) is 17.5. The maximum absolute atomic E-state index is 12.7. The first kappa shape index (κ1) is 20.3. The molecule has 9 heteroatoms. The van der Waals surface area contributed by atoms with Gasteiger partial charge in [0.25, 0.3) is 5.91 Å². The Balaban J connectivity index is 1.52. The molecule has 4 aromatic rings. The molecule has 0 aliphatic carbocycles. The zero-order chi connectivity index (χ0) is 22.1. The minimum absolute atomic E-state index is 0.0369. The van der Waals surface area contributed by atoms with Crippen molar-refractivity contribution in [3.05, 3.63) is 81.2 Å². The van der Waals surface area contributed by atoms with Gasteiger partial charge in [0, 0.05) is 12.1 Å². The van der Waals surface area contributed by atoms with Crippen molar-refractivity contribution in [2.75, 3.05) is 5.32 Å². The first-order valence-electron chi connectivity index (χ1n) is 9.93. The topological polar surface area (TPSA) is 108 Å². The van der Waals surface area contributed by atoms with Crippen LogP contribution in [0.4, 0.5) is 11.6 Å². The lowest BCUT2D eigenvalue weighted by Crippen LogP contribution is -2.16. The number of para-hydroxylation sites is 2. The number of aryl methyl sites for hydroxylation is 2. The summed E-state index contributed by atoms with van der Waals surface area (Å²) in [5.74, 6) is 0.256. The number of fused-ring (bicyclic) bond motifs is 1. The largest absolute Gasteiger partial charge is 0.312 e. The Labute approximate surface area is 178 Å². The Kier molecular flexibility index (Phi) is 5.24. The summed E-state index contributed by atoms with van der Waals surface area (Å²) < 4.78 is 3.56. The SMILES string of the molecule is CCn1c(NC(=O)c2ccc(Cn3nc(C)c([N+](=O)[O-])c3C)cc2)nc2ccccc21. The minimum atomic E-state index is -0.411. The third kappa shape index (κ3) is 3.77. The number of rotatable bonds is 6. The standard InChI is InChI=1S/C22H22N6O3/c1-4-26-19-8-6-5-7-18(19)23-22(26)24-21(29)17-11-9-16(10-12-17)13-27-15(3)20(28(30)31)14(2)25-27/h5-12H,4,13H2,1-3H3,(H,23,24,29). The highest BCUT2D eigenvalue weighted by molar-refractivity contribution is 6.04. The van der Waals surface area contributed by atoms with Gasteiger partial charge in [0.2, 0.25) is 5.95 Å². The summed E-state index contributed by atoms with van der Waals surface area (Å²) in [6, 6.07) is 14.8. The van der Waals surface area contributed by atoms with Gasteiger partial charge in [-0.1, -0.05) is 24.3 Å². The lowest BCUT2D eigenvalue weighted by Gasteiger charge is -2.09. The molecule has 0 saturated carbocycles. The zero-order valence-electron chi connectivity index (χ0n) is 17.5. The molecule has 0 saturated heterocycles. The molecule has 2 aromatic heterocycles. The van der Waals surface area contributed by atoms with Crippen LogP contribution in [-0.2, 0) is 13.1 Å². The second-order valence-corrected chi connectivity index (χ2v) is 7.25. The molecule has 31 heavy (non-hydrogen) atoms. The van der Waals surface area contributed by atoms with Crippen LogP contribution in [0, 0.1) is 24.0 Å². The van der Waals surface area contributed by atoms with Crippen LogP contribution in [0.2, 0.25) is 0 Å². The lowest BCUT2D eigenvalue weighted by molar-refractivity contribution is -0.386. The van der Waals surface area contributed by atoms with E-state index in [1.807, 2.05) is 47.9 Å². The third-order valence-electron chi connectivity index (χ3n) is 5.27. The van der Waals surface area contributed by atoms with Crippen LogP contribution in [0.15, 0.2) is 48.5 Å². The molecule has 0 bridgehead atoms. The second kappa shape index (κ2) is 8.02. The van der Waals surface area contributed by atoms with Gasteiger partial charge >= 0.3 is 5.69 Å². The van der Waals surface area contributed by atoms with Gasteiger partial charge in [-0.3, -0.25) is 24.9 Å². The molecule has 2 aromatic carbocycles. The van der Waals surface area contributed by atoms with E-state index in [2.05, 4.69) is 15.4 Å². The molecular formula is C22H22N6O3. The van der Waals surface area contributed by atoms with Crippen molar-refractivity contribution in [2.24, 2.45) is 0 Å². The van der Waals surface area contributed by atoms with Crippen LogP contribution in [0.5, 0.6) is 0 Å². The molecule has 0 aliphatic heterocycles. The van der Waals surface area contributed by atoms with Gasteiger partial charge < -0.3 is 4.57 Å². The summed E-state index contributed by atoms with van der Waals surface area (Å²) in [5.41, 5.74) is 4.11. The second-order valence-electron chi connectivity index (χ2n) is 7.25. The number of imidazole rings is 1. The number of nitro groups is 1. The Morgan fingerprint density at radius 3 is 2.48 bits per heavy atom. The molecule has 2 heterocycles. The van der Waals surface area contributed by atoms with Gasteiger partial charge in [0.15, 0.2) is 0 Å². The van der Waals surface area contributed by atoms with Crippen molar-refractivity contribution in [3.63, 3.8) is 0 Å². The number of carbonyl (C=O) groups is 1. The van der Waals surface area contributed by atoms with Crippen molar-refractivity contribution < 1.29 is 9.72 Å². The number of benzene rings is 2. The number of carbonyl (C=O) groups excluding carboxylic acids is 1. The van der Waals surface area contributed by atoms with Gasteiger partial charge in [0.05, 0.1) is 22.5 Å². The summed E-state index contributed by atoms with van der Waals surface area (Å²) in [7, 11) is 0. The van der Waals surface area contributed by atoms with E-state index in [0.29, 0.717) is 36.0 Å². The average Bonchev–Trinajstić information content (AvgIpc) is 3.24. The Bertz CT molecular complexity index is 1290. The number of hydrogen-bond donors (Lipinski definition) is 1. The number of hydrogen-bond acceptors (Lipinski definition) is 5. The molecule has 0 unspecified atom stereocenters. The summed E-state index contributed by atoms with van der Waals surface area (Å²) in [6.45, 7) is 6.37. The number of anilines is 1.